The van der Waals surface area contributed by atoms with Crippen molar-refractivity contribution < 1.29 is 14.4 Å². The summed E-state index contributed by atoms with van der Waals surface area (Å²) in [5.74, 6) is -1.35. The van der Waals surface area contributed by atoms with Crippen LogP contribution in [0.5, 0.6) is 0 Å². The van der Waals surface area contributed by atoms with Crippen LogP contribution in [0.3, 0.4) is 0 Å². The lowest BCUT2D eigenvalue weighted by Crippen LogP contribution is -2.34. The lowest BCUT2D eigenvalue weighted by molar-refractivity contribution is -0.133. The fourth-order valence-electron chi connectivity index (χ4n) is 0.552. The van der Waals surface area contributed by atoms with Crippen LogP contribution in [0.4, 0.5) is 0 Å². The largest absolute Gasteiger partial charge is 0.299 e. The van der Waals surface area contributed by atoms with Gasteiger partial charge in [0.2, 0.25) is 11.8 Å². The average Bonchev–Trinajstić information content (AvgIpc) is 1.84. The molecule has 0 bridgehead atoms. The molecule has 0 fully saturated rings. The van der Waals surface area contributed by atoms with Gasteiger partial charge < -0.3 is 0 Å². The minimum absolute atomic E-state index is 0.224. The zero-order valence-corrected chi connectivity index (χ0v) is 7.51. The van der Waals surface area contributed by atoms with Crippen molar-refractivity contribution in [1.29, 1.82) is 0 Å². The molecule has 0 atom stereocenters. The monoisotopic (exact) mass is 171 g/mol. The predicted octanol–water partition coefficient (Wildman–Crippen LogP) is 0.264. The summed E-state index contributed by atoms with van der Waals surface area (Å²) < 4.78 is 0. The maximum Gasteiger partial charge on any atom is 0.233 e. The zero-order chi connectivity index (χ0) is 9.72. The third-order valence-corrected chi connectivity index (χ3v) is 1.20. The summed E-state index contributed by atoms with van der Waals surface area (Å²) in [6.07, 6.45) is -0.224. The van der Waals surface area contributed by atoms with E-state index in [1.807, 2.05) is 0 Å². The molecule has 68 valence electrons. The summed E-state index contributed by atoms with van der Waals surface area (Å²) in [7, 11) is 0. The summed E-state index contributed by atoms with van der Waals surface area (Å²) in [6.45, 7) is 4.66. The molecule has 0 rings (SSSR count). The number of carbonyl (C=O) groups is 3. The van der Waals surface area contributed by atoms with Gasteiger partial charge in [-0.1, -0.05) is 13.8 Å². The Morgan fingerprint density at radius 2 is 1.75 bits per heavy atom. The summed E-state index contributed by atoms with van der Waals surface area (Å²) in [5.41, 5.74) is 0. The molecule has 0 aliphatic carbocycles. The molecule has 1 N–H and O–H groups in total. The molecule has 0 aliphatic rings. The van der Waals surface area contributed by atoms with Gasteiger partial charge in [-0.25, -0.2) is 0 Å². The Bertz CT molecular complexity index is 208. The standard InChI is InChI=1S/C8H13NO3/c1-5(2)8(12)9-7(11)4-6(3)10/h5H,4H2,1-3H3,(H,9,11,12). The Hall–Kier alpha value is -1.19. The number of hydrogen-bond donors (Lipinski definition) is 1. The number of ketones is 1. The molecule has 2 amide bonds. The van der Waals surface area contributed by atoms with Gasteiger partial charge in [-0.05, 0) is 6.92 Å². The summed E-state index contributed by atoms with van der Waals surface area (Å²) >= 11 is 0. The van der Waals surface area contributed by atoms with E-state index in [0.29, 0.717) is 0 Å². The zero-order valence-electron chi connectivity index (χ0n) is 7.51. The first-order valence-corrected chi connectivity index (χ1v) is 3.76. The first kappa shape index (κ1) is 10.8. The summed E-state index contributed by atoms with van der Waals surface area (Å²) in [6, 6.07) is 0. The Kier molecular flexibility index (Phi) is 4.18. The van der Waals surface area contributed by atoms with E-state index in [1.54, 1.807) is 13.8 Å². The van der Waals surface area contributed by atoms with Crippen LogP contribution in [-0.4, -0.2) is 17.6 Å². The van der Waals surface area contributed by atoms with Crippen molar-refractivity contribution in [2.75, 3.05) is 0 Å². The van der Waals surface area contributed by atoms with E-state index >= 15 is 0 Å². The van der Waals surface area contributed by atoms with Gasteiger partial charge >= 0.3 is 0 Å². The molecule has 4 heteroatoms. The number of hydrogen-bond acceptors (Lipinski definition) is 3. The Morgan fingerprint density at radius 1 is 1.25 bits per heavy atom. The lowest BCUT2D eigenvalue weighted by Gasteiger charge is -2.04. The molecule has 4 nitrogen and oxygen atoms in total. The van der Waals surface area contributed by atoms with Gasteiger partial charge in [0.25, 0.3) is 0 Å². The fourth-order valence-corrected chi connectivity index (χ4v) is 0.552. The normalized spacial score (nSPS) is 9.67. The van der Waals surface area contributed by atoms with Crippen molar-refractivity contribution in [3.63, 3.8) is 0 Å². The molecule has 0 saturated carbocycles. The van der Waals surface area contributed by atoms with E-state index < -0.39 is 5.91 Å². The van der Waals surface area contributed by atoms with Gasteiger partial charge in [-0.15, -0.1) is 0 Å². The lowest BCUT2D eigenvalue weighted by atomic mass is 10.2. The second kappa shape index (κ2) is 4.64. The van der Waals surface area contributed by atoms with E-state index in [2.05, 4.69) is 5.32 Å². The van der Waals surface area contributed by atoms with Crippen LogP contribution < -0.4 is 5.32 Å². The second-order valence-electron chi connectivity index (χ2n) is 2.95. The van der Waals surface area contributed by atoms with Crippen molar-refractivity contribution >= 4 is 17.6 Å². The molecule has 12 heavy (non-hydrogen) atoms. The van der Waals surface area contributed by atoms with E-state index in [0.717, 1.165) is 0 Å². The molecule has 0 heterocycles. The Balaban J connectivity index is 3.85. The van der Waals surface area contributed by atoms with Crippen molar-refractivity contribution in [3.05, 3.63) is 0 Å². The van der Waals surface area contributed by atoms with Crippen LogP contribution in [0.2, 0.25) is 0 Å². The quantitative estimate of drug-likeness (QED) is 0.620. The Labute approximate surface area is 71.3 Å². The van der Waals surface area contributed by atoms with Crippen LogP contribution in [0, 0.1) is 5.92 Å². The highest BCUT2D eigenvalue weighted by atomic mass is 16.2. The minimum atomic E-state index is -0.527. The smallest absolute Gasteiger partial charge is 0.233 e. The van der Waals surface area contributed by atoms with Crippen molar-refractivity contribution in [2.24, 2.45) is 5.92 Å². The Morgan fingerprint density at radius 3 is 2.08 bits per heavy atom. The summed E-state index contributed by atoms with van der Waals surface area (Å²) in [4.78, 5) is 32.1. The van der Waals surface area contributed by atoms with E-state index in [4.69, 9.17) is 0 Å². The molecule has 0 aliphatic heterocycles. The van der Waals surface area contributed by atoms with Crippen LogP contribution in [-0.2, 0) is 14.4 Å². The number of rotatable bonds is 3. The third-order valence-electron chi connectivity index (χ3n) is 1.20. The molecular weight excluding hydrogens is 158 g/mol. The fraction of sp³-hybridized carbons (Fsp3) is 0.625. The van der Waals surface area contributed by atoms with Gasteiger partial charge in [0.1, 0.15) is 5.78 Å². The van der Waals surface area contributed by atoms with E-state index in [1.165, 1.54) is 6.92 Å². The molecule has 0 unspecified atom stereocenters. The number of carbonyl (C=O) groups excluding carboxylic acids is 3. The van der Waals surface area contributed by atoms with Gasteiger partial charge in [0.15, 0.2) is 0 Å². The molecule has 0 aromatic heterocycles. The average molecular weight is 171 g/mol. The second-order valence-corrected chi connectivity index (χ2v) is 2.95. The predicted molar refractivity (Wildman–Crippen MR) is 43.3 cm³/mol. The third kappa shape index (κ3) is 4.60. The first-order chi connectivity index (χ1) is 5.43. The van der Waals surface area contributed by atoms with Gasteiger partial charge in [-0.3, -0.25) is 19.7 Å². The van der Waals surface area contributed by atoms with Crippen molar-refractivity contribution in [1.82, 2.24) is 5.32 Å². The number of imide groups is 1. The van der Waals surface area contributed by atoms with Crippen LogP contribution in [0.1, 0.15) is 27.2 Å². The highest BCUT2D eigenvalue weighted by molar-refractivity contribution is 6.04. The minimum Gasteiger partial charge on any atom is -0.299 e. The maximum atomic E-state index is 10.9. The molecule has 0 saturated heterocycles. The molecule has 0 aromatic rings. The topological polar surface area (TPSA) is 63.2 Å². The van der Waals surface area contributed by atoms with Gasteiger partial charge in [-0.2, -0.15) is 0 Å². The maximum absolute atomic E-state index is 10.9. The highest BCUT2D eigenvalue weighted by Crippen LogP contribution is 1.91. The van der Waals surface area contributed by atoms with Crippen molar-refractivity contribution in [3.8, 4) is 0 Å². The van der Waals surface area contributed by atoms with Gasteiger partial charge in [0.05, 0.1) is 6.42 Å². The molecule has 0 radical (unpaired) electrons. The van der Waals surface area contributed by atoms with Crippen LogP contribution in [0.15, 0.2) is 0 Å². The number of Topliss-reactive ketones (excluding diaryl/α,β-unsaturated/α-hetero) is 1. The highest BCUT2D eigenvalue weighted by Gasteiger charge is 2.12. The molecule has 0 aromatic carbocycles. The molecule has 0 spiro atoms. The first-order valence-electron chi connectivity index (χ1n) is 3.76. The van der Waals surface area contributed by atoms with Crippen molar-refractivity contribution in [2.45, 2.75) is 27.2 Å². The van der Waals surface area contributed by atoms with E-state index in [-0.39, 0.29) is 24.0 Å². The van der Waals surface area contributed by atoms with Crippen LogP contribution >= 0.6 is 0 Å². The van der Waals surface area contributed by atoms with Crippen LogP contribution in [0.25, 0.3) is 0 Å². The van der Waals surface area contributed by atoms with E-state index in [9.17, 15) is 14.4 Å². The summed E-state index contributed by atoms with van der Waals surface area (Å²) in [5, 5.41) is 2.11. The van der Waals surface area contributed by atoms with Gasteiger partial charge in [0, 0.05) is 5.92 Å². The number of amides is 2. The molecular formula is C8H13NO3. The SMILES string of the molecule is CC(=O)CC(=O)NC(=O)C(C)C. The number of nitrogens with one attached hydrogen (secondary N) is 1.